The molecular formula is C4H12O4SSi. The van der Waals surface area contributed by atoms with Crippen LogP contribution in [0.2, 0.25) is 6.04 Å². The Morgan fingerprint density at radius 3 is 2.60 bits per heavy atom. The van der Waals surface area contributed by atoms with Crippen LogP contribution in [0.25, 0.3) is 0 Å². The zero-order valence-electron chi connectivity index (χ0n) is 5.91. The molecule has 0 aromatic heterocycles. The topological polar surface area (TPSA) is 63.6 Å². The van der Waals surface area contributed by atoms with Crippen molar-refractivity contribution < 1.29 is 17.4 Å². The average Bonchev–Trinajstić information content (AvgIpc) is 1.78. The summed E-state index contributed by atoms with van der Waals surface area (Å²) in [7, 11) is -2.65. The summed E-state index contributed by atoms with van der Waals surface area (Å²) in [6.45, 7) is 0. The first-order valence-electron chi connectivity index (χ1n) is 3.00. The molecule has 0 heterocycles. The molecule has 0 aromatic carbocycles. The number of hydrogen-bond acceptors (Lipinski definition) is 3. The summed E-state index contributed by atoms with van der Waals surface area (Å²) < 4.78 is 33.3. The third-order valence-electron chi connectivity index (χ3n) is 1.00. The normalized spacial score (nSPS) is 13.0. The van der Waals surface area contributed by atoms with Gasteiger partial charge in [0.2, 0.25) is 0 Å². The minimum Gasteiger partial charge on any atom is -0.427 e. The highest BCUT2D eigenvalue weighted by Crippen LogP contribution is 1.93. The highest BCUT2D eigenvalue weighted by Gasteiger charge is 2.02. The summed E-state index contributed by atoms with van der Waals surface area (Å²) in [5.41, 5.74) is 0. The molecule has 0 atom stereocenters. The lowest BCUT2D eigenvalue weighted by Gasteiger charge is -1.95. The third-order valence-corrected chi connectivity index (χ3v) is 3.00. The van der Waals surface area contributed by atoms with Gasteiger partial charge in [0.25, 0.3) is 10.1 Å². The smallest absolute Gasteiger partial charge is 0.264 e. The number of rotatable bonds is 5. The molecule has 0 unspecified atom stereocenters. The summed E-state index contributed by atoms with van der Waals surface area (Å²) >= 11 is 0. The maximum absolute atomic E-state index is 10.1. The van der Waals surface area contributed by atoms with Gasteiger partial charge in [0.05, 0.1) is 5.75 Å². The fourth-order valence-electron chi connectivity index (χ4n) is 0.531. The van der Waals surface area contributed by atoms with Crippen LogP contribution in [0, 0.1) is 0 Å². The highest BCUT2D eigenvalue weighted by molar-refractivity contribution is 7.85. The van der Waals surface area contributed by atoms with Gasteiger partial charge in [0, 0.05) is 7.11 Å². The lowest BCUT2D eigenvalue weighted by atomic mass is 10.6. The summed E-state index contributed by atoms with van der Waals surface area (Å²) in [4.78, 5) is 0. The van der Waals surface area contributed by atoms with Gasteiger partial charge in [-0.15, -0.1) is 0 Å². The van der Waals surface area contributed by atoms with Gasteiger partial charge >= 0.3 is 0 Å². The highest BCUT2D eigenvalue weighted by atomic mass is 32.2. The maximum Gasteiger partial charge on any atom is 0.264 e. The minimum atomic E-state index is -3.74. The molecule has 0 fully saturated rings. The monoisotopic (exact) mass is 184 g/mol. The van der Waals surface area contributed by atoms with Crippen LogP contribution in [0.4, 0.5) is 0 Å². The predicted octanol–water partition coefficient (Wildman–Crippen LogP) is -0.587. The Kier molecular flexibility index (Phi) is 4.88. The van der Waals surface area contributed by atoms with Crippen LogP contribution in [0.1, 0.15) is 6.42 Å². The summed E-state index contributed by atoms with van der Waals surface area (Å²) in [6, 6.07) is 0.802. The van der Waals surface area contributed by atoms with Crippen LogP contribution in [0.15, 0.2) is 0 Å². The second kappa shape index (κ2) is 4.83. The SMILES string of the molecule is CO[SiH2]CCCS(=O)(=O)O. The number of hydrogen-bond donors (Lipinski definition) is 1. The standard InChI is InChI=1S/C4H12O4SSi/c1-8-10-4-2-3-9(5,6)7/h2-4,10H2,1H3,(H,5,6,7). The van der Waals surface area contributed by atoms with Crippen LogP contribution < -0.4 is 0 Å². The van der Waals surface area contributed by atoms with Gasteiger partial charge < -0.3 is 4.43 Å². The van der Waals surface area contributed by atoms with Crippen molar-refractivity contribution >= 4 is 19.9 Å². The van der Waals surface area contributed by atoms with Crippen molar-refractivity contribution in [1.82, 2.24) is 0 Å². The molecule has 0 aliphatic carbocycles. The quantitative estimate of drug-likeness (QED) is 0.352. The Morgan fingerprint density at radius 2 is 2.20 bits per heavy atom. The zero-order valence-corrected chi connectivity index (χ0v) is 8.14. The fourth-order valence-corrected chi connectivity index (χ4v) is 2.20. The lowest BCUT2D eigenvalue weighted by molar-refractivity contribution is 0.439. The van der Waals surface area contributed by atoms with Crippen molar-refractivity contribution in [2.75, 3.05) is 12.9 Å². The molecule has 0 aromatic rings. The van der Waals surface area contributed by atoms with Gasteiger partial charge in [0.1, 0.15) is 0 Å². The van der Waals surface area contributed by atoms with Crippen molar-refractivity contribution in [3.8, 4) is 0 Å². The van der Waals surface area contributed by atoms with Gasteiger partial charge in [-0.1, -0.05) is 0 Å². The molecule has 62 valence electrons. The zero-order chi connectivity index (χ0) is 8.04. The minimum absolute atomic E-state index is 0.136. The molecule has 0 rings (SSSR count). The van der Waals surface area contributed by atoms with Crippen LogP contribution >= 0.6 is 0 Å². The molecule has 0 saturated carbocycles. The van der Waals surface area contributed by atoms with Crippen molar-refractivity contribution in [2.24, 2.45) is 0 Å². The molecule has 0 radical (unpaired) electrons. The largest absolute Gasteiger partial charge is 0.427 e. The van der Waals surface area contributed by atoms with Crippen LogP contribution in [-0.2, 0) is 14.5 Å². The molecule has 0 spiro atoms. The summed E-state index contributed by atoms with van der Waals surface area (Å²) in [6.07, 6.45) is 0.513. The molecule has 1 N–H and O–H groups in total. The fraction of sp³-hybridized carbons (Fsp3) is 1.00. The second-order valence-corrected chi connectivity index (χ2v) is 5.25. The Bertz CT molecular complexity index is 164. The van der Waals surface area contributed by atoms with Crippen LogP contribution in [-0.4, -0.2) is 35.6 Å². The average molecular weight is 184 g/mol. The summed E-state index contributed by atoms with van der Waals surface area (Å²) in [5, 5.41) is 0. The van der Waals surface area contributed by atoms with Crippen molar-refractivity contribution in [3.05, 3.63) is 0 Å². The van der Waals surface area contributed by atoms with E-state index in [9.17, 15) is 8.42 Å². The van der Waals surface area contributed by atoms with E-state index in [2.05, 4.69) is 0 Å². The molecule has 4 nitrogen and oxygen atoms in total. The second-order valence-electron chi connectivity index (χ2n) is 1.99. The van der Waals surface area contributed by atoms with E-state index in [0.29, 0.717) is 6.42 Å². The van der Waals surface area contributed by atoms with E-state index in [4.69, 9.17) is 8.98 Å². The molecule has 0 aliphatic rings. The van der Waals surface area contributed by atoms with Crippen molar-refractivity contribution in [2.45, 2.75) is 12.5 Å². The Hall–Kier alpha value is 0.0869. The van der Waals surface area contributed by atoms with Gasteiger partial charge in [-0.2, -0.15) is 8.42 Å². The Morgan fingerprint density at radius 1 is 1.60 bits per heavy atom. The first kappa shape index (κ1) is 10.1. The molecule has 0 amide bonds. The van der Waals surface area contributed by atoms with E-state index >= 15 is 0 Å². The van der Waals surface area contributed by atoms with Gasteiger partial charge in [0.15, 0.2) is 9.76 Å². The van der Waals surface area contributed by atoms with E-state index < -0.39 is 19.9 Å². The van der Waals surface area contributed by atoms with E-state index in [0.717, 1.165) is 6.04 Å². The van der Waals surface area contributed by atoms with Crippen LogP contribution in [0.3, 0.4) is 0 Å². The van der Waals surface area contributed by atoms with Gasteiger partial charge in [-0.3, -0.25) is 4.55 Å². The maximum atomic E-state index is 10.1. The van der Waals surface area contributed by atoms with Crippen molar-refractivity contribution in [3.63, 3.8) is 0 Å². The van der Waals surface area contributed by atoms with Crippen molar-refractivity contribution in [1.29, 1.82) is 0 Å². The molecule has 10 heavy (non-hydrogen) atoms. The van der Waals surface area contributed by atoms with E-state index in [-0.39, 0.29) is 5.75 Å². The molecule has 0 bridgehead atoms. The molecular weight excluding hydrogens is 172 g/mol. The van der Waals surface area contributed by atoms with Gasteiger partial charge in [-0.05, 0) is 12.5 Å². The van der Waals surface area contributed by atoms with Crippen LogP contribution in [0.5, 0.6) is 0 Å². The first-order chi connectivity index (χ1) is 4.56. The Labute approximate surface area is 63.3 Å². The molecule has 6 heteroatoms. The predicted molar refractivity (Wildman–Crippen MR) is 41.4 cm³/mol. The van der Waals surface area contributed by atoms with E-state index in [1.165, 1.54) is 0 Å². The molecule has 0 aliphatic heterocycles. The summed E-state index contributed by atoms with van der Waals surface area (Å²) in [5.74, 6) is -0.136. The third kappa shape index (κ3) is 8.09. The van der Waals surface area contributed by atoms with E-state index in [1.54, 1.807) is 7.11 Å². The van der Waals surface area contributed by atoms with Gasteiger partial charge in [-0.25, -0.2) is 0 Å². The lowest BCUT2D eigenvalue weighted by Crippen LogP contribution is -2.05. The Balaban J connectivity index is 3.21. The molecule has 0 saturated heterocycles. The van der Waals surface area contributed by atoms with E-state index in [1.807, 2.05) is 0 Å². The first-order valence-corrected chi connectivity index (χ1v) is 6.19.